The van der Waals surface area contributed by atoms with Crippen LogP contribution in [0.3, 0.4) is 0 Å². The molecule has 3 aromatic rings. The highest BCUT2D eigenvalue weighted by atomic mass is 32.2. The summed E-state index contributed by atoms with van der Waals surface area (Å²) < 4.78 is 71.6. The topological polar surface area (TPSA) is 70.2 Å². The summed E-state index contributed by atoms with van der Waals surface area (Å²) >= 11 is 0. The second-order valence-corrected chi connectivity index (χ2v) is 11.0. The first-order valence-corrected chi connectivity index (χ1v) is 13.4. The Morgan fingerprint density at radius 2 is 1.58 bits per heavy atom. The molecule has 0 atom stereocenters. The van der Waals surface area contributed by atoms with Crippen LogP contribution in [-0.4, -0.2) is 59.1 Å². The van der Waals surface area contributed by atoms with Gasteiger partial charge in [-0.25, -0.2) is 8.42 Å². The van der Waals surface area contributed by atoms with E-state index in [-0.39, 0.29) is 17.4 Å². The van der Waals surface area contributed by atoms with Crippen LogP contribution in [-0.2, 0) is 21.0 Å². The third-order valence-corrected chi connectivity index (χ3v) is 8.21. The van der Waals surface area contributed by atoms with Crippen molar-refractivity contribution < 1.29 is 31.1 Å². The fraction of sp³-hybridized carbons (Fsp3) is 0.296. The van der Waals surface area contributed by atoms with E-state index in [0.717, 1.165) is 17.7 Å². The molecule has 0 spiro atoms. The van der Waals surface area contributed by atoms with E-state index in [0.29, 0.717) is 43.3 Å². The number of aryl methyl sites for hydroxylation is 1. The van der Waals surface area contributed by atoms with Crippen molar-refractivity contribution in [3.63, 3.8) is 0 Å². The van der Waals surface area contributed by atoms with Gasteiger partial charge in [-0.2, -0.15) is 13.2 Å². The molecule has 1 heterocycles. The molecule has 7 nitrogen and oxygen atoms in total. The van der Waals surface area contributed by atoms with Crippen molar-refractivity contribution in [3.05, 3.63) is 83.9 Å². The smallest absolute Gasteiger partial charge is 0.416 e. The monoisotopic (exact) mass is 547 g/mol. The van der Waals surface area contributed by atoms with Crippen molar-refractivity contribution in [2.24, 2.45) is 0 Å². The van der Waals surface area contributed by atoms with Crippen LogP contribution < -0.4 is 13.9 Å². The molecule has 0 radical (unpaired) electrons. The fourth-order valence-corrected chi connectivity index (χ4v) is 5.28. The Kier molecular flexibility index (Phi) is 7.86. The van der Waals surface area contributed by atoms with E-state index in [4.69, 9.17) is 4.74 Å². The lowest BCUT2D eigenvalue weighted by molar-refractivity contribution is -0.137. The molecule has 3 aromatic carbocycles. The summed E-state index contributed by atoms with van der Waals surface area (Å²) in [7, 11) is -2.26. The van der Waals surface area contributed by atoms with Crippen molar-refractivity contribution >= 4 is 27.3 Å². The predicted molar refractivity (Wildman–Crippen MR) is 139 cm³/mol. The summed E-state index contributed by atoms with van der Waals surface area (Å²) in [5, 5.41) is 0. The van der Waals surface area contributed by atoms with Gasteiger partial charge in [0.05, 0.1) is 16.1 Å². The Balaban J connectivity index is 1.29. The summed E-state index contributed by atoms with van der Waals surface area (Å²) in [6.07, 6.45) is -4.41. The Morgan fingerprint density at radius 1 is 0.947 bits per heavy atom. The number of nitrogens with zero attached hydrogens (tertiary/aromatic N) is 3. The molecular formula is C27H28F3N3O4S. The van der Waals surface area contributed by atoms with Crippen LogP contribution in [0, 0.1) is 6.92 Å². The number of carbonyl (C=O) groups excluding carboxylic acids is 1. The number of hydrogen-bond donors (Lipinski definition) is 0. The highest BCUT2D eigenvalue weighted by Crippen LogP contribution is 2.32. The lowest BCUT2D eigenvalue weighted by Gasteiger charge is -2.36. The van der Waals surface area contributed by atoms with Gasteiger partial charge < -0.3 is 14.5 Å². The van der Waals surface area contributed by atoms with Crippen molar-refractivity contribution in [1.29, 1.82) is 0 Å². The van der Waals surface area contributed by atoms with E-state index in [1.165, 1.54) is 17.4 Å². The number of hydrogen-bond acceptors (Lipinski definition) is 5. The van der Waals surface area contributed by atoms with Crippen LogP contribution in [0.25, 0.3) is 0 Å². The van der Waals surface area contributed by atoms with Crippen LogP contribution in [0.15, 0.2) is 77.7 Å². The first kappa shape index (κ1) is 27.3. The quantitative estimate of drug-likeness (QED) is 0.434. The molecule has 202 valence electrons. The third kappa shape index (κ3) is 6.21. The number of sulfonamides is 1. The Hall–Kier alpha value is -3.73. The maximum atomic E-state index is 13.0. The van der Waals surface area contributed by atoms with Gasteiger partial charge in [0, 0.05) is 38.9 Å². The molecule has 1 amide bonds. The predicted octanol–water partition coefficient (Wildman–Crippen LogP) is 4.57. The van der Waals surface area contributed by atoms with Crippen LogP contribution in [0.2, 0.25) is 0 Å². The van der Waals surface area contributed by atoms with Crippen molar-refractivity contribution in [2.45, 2.75) is 18.0 Å². The second-order valence-electron chi connectivity index (χ2n) is 8.98. The zero-order chi connectivity index (χ0) is 27.5. The highest BCUT2D eigenvalue weighted by molar-refractivity contribution is 7.92. The highest BCUT2D eigenvalue weighted by Gasteiger charge is 2.31. The molecule has 1 aliphatic rings. The van der Waals surface area contributed by atoms with Crippen LogP contribution >= 0.6 is 0 Å². The first-order valence-electron chi connectivity index (χ1n) is 11.9. The van der Waals surface area contributed by atoms with Crippen LogP contribution in [0.1, 0.15) is 11.1 Å². The average Bonchev–Trinajstić information content (AvgIpc) is 2.91. The molecule has 1 aliphatic heterocycles. The van der Waals surface area contributed by atoms with Gasteiger partial charge in [-0.1, -0.05) is 23.8 Å². The van der Waals surface area contributed by atoms with E-state index >= 15 is 0 Å². The molecular weight excluding hydrogens is 519 g/mol. The van der Waals surface area contributed by atoms with Crippen molar-refractivity contribution in [1.82, 2.24) is 4.90 Å². The van der Waals surface area contributed by atoms with Crippen molar-refractivity contribution in [2.75, 3.05) is 49.0 Å². The fourth-order valence-electron chi connectivity index (χ4n) is 4.09. The lowest BCUT2D eigenvalue weighted by Crippen LogP contribution is -2.50. The molecule has 1 fully saturated rings. The zero-order valence-corrected chi connectivity index (χ0v) is 21.8. The summed E-state index contributed by atoms with van der Waals surface area (Å²) in [4.78, 5) is 16.2. The zero-order valence-electron chi connectivity index (χ0n) is 21.0. The number of ether oxygens (including phenoxy) is 1. The van der Waals surface area contributed by atoms with E-state index in [1.54, 1.807) is 59.5 Å². The second kappa shape index (κ2) is 10.9. The number of alkyl halides is 3. The maximum absolute atomic E-state index is 13.0. The van der Waals surface area contributed by atoms with E-state index in [2.05, 4.69) is 0 Å². The minimum Gasteiger partial charge on any atom is -0.484 e. The average molecular weight is 548 g/mol. The number of rotatable bonds is 7. The Morgan fingerprint density at radius 3 is 2.18 bits per heavy atom. The summed E-state index contributed by atoms with van der Waals surface area (Å²) in [5.41, 5.74) is 1.17. The number of amides is 1. The van der Waals surface area contributed by atoms with Gasteiger partial charge >= 0.3 is 6.18 Å². The molecule has 0 unspecified atom stereocenters. The van der Waals surface area contributed by atoms with Gasteiger partial charge in [-0.05, 0) is 61.5 Å². The number of piperazine rings is 1. The van der Waals surface area contributed by atoms with Crippen LogP contribution in [0.4, 0.5) is 24.5 Å². The minimum atomic E-state index is -4.41. The van der Waals surface area contributed by atoms with Crippen molar-refractivity contribution in [3.8, 4) is 5.75 Å². The minimum absolute atomic E-state index is 0.185. The maximum Gasteiger partial charge on any atom is 0.416 e. The molecule has 11 heteroatoms. The molecule has 0 N–H and O–H groups in total. The number of halogens is 3. The summed E-state index contributed by atoms with van der Waals surface area (Å²) in [5.74, 6) is 0.169. The molecule has 0 saturated carbocycles. The molecule has 38 heavy (non-hydrogen) atoms. The third-order valence-electron chi connectivity index (χ3n) is 6.41. The number of anilines is 2. The molecule has 1 saturated heterocycles. The Bertz CT molecular complexity index is 1370. The van der Waals surface area contributed by atoms with Gasteiger partial charge in [0.2, 0.25) is 0 Å². The standard InChI is InChI=1S/C27H28F3N3O4S/c1-20-6-12-25(13-7-20)38(35,36)31(2)22-8-10-24(11-9-22)37-19-26(34)33-16-14-32(15-17-33)23-5-3-4-21(18-23)27(28,29)30/h3-13,18H,14-17,19H2,1-2H3. The van der Waals surface area contributed by atoms with Gasteiger partial charge in [-0.3, -0.25) is 9.10 Å². The van der Waals surface area contributed by atoms with Crippen LogP contribution in [0.5, 0.6) is 5.75 Å². The Labute approximate surface area is 220 Å². The summed E-state index contributed by atoms with van der Waals surface area (Å²) in [6.45, 7) is 3.20. The number of carbonyl (C=O) groups is 1. The van der Waals surface area contributed by atoms with Gasteiger partial charge in [0.1, 0.15) is 5.75 Å². The summed E-state index contributed by atoms with van der Waals surface area (Å²) in [6, 6.07) is 18.1. The normalized spacial score (nSPS) is 14.3. The lowest BCUT2D eigenvalue weighted by atomic mass is 10.1. The van der Waals surface area contributed by atoms with E-state index < -0.39 is 21.8 Å². The largest absolute Gasteiger partial charge is 0.484 e. The molecule has 0 aromatic heterocycles. The van der Waals surface area contributed by atoms with Gasteiger partial charge in [-0.15, -0.1) is 0 Å². The van der Waals surface area contributed by atoms with Gasteiger partial charge in [0.15, 0.2) is 6.61 Å². The number of benzene rings is 3. The van der Waals surface area contributed by atoms with E-state index in [9.17, 15) is 26.4 Å². The molecule has 4 rings (SSSR count). The van der Waals surface area contributed by atoms with E-state index in [1.807, 2.05) is 11.8 Å². The SMILES string of the molecule is Cc1ccc(S(=O)(=O)N(C)c2ccc(OCC(=O)N3CCN(c4cccc(C(F)(F)F)c4)CC3)cc2)cc1. The molecule has 0 aliphatic carbocycles. The molecule has 0 bridgehead atoms. The first-order chi connectivity index (χ1) is 17.9. The van der Waals surface area contributed by atoms with Gasteiger partial charge in [0.25, 0.3) is 15.9 Å².